The first-order valence-electron chi connectivity index (χ1n) is 6.84. The maximum absolute atomic E-state index is 6.01. The van der Waals surface area contributed by atoms with Crippen LogP contribution in [0.3, 0.4) is 0 Å². The summed E-state index contributed by atoms with van der Waals surface area (Å²) in [5, 5.41) is 3.73. The van der Waals surface area contributed by atoms with Crippen LogP contribution in [0.4, 0.5) is 0 Å². The second-order valence-corrected chi connectivity index (χ2v) is 5.07. The van der Waals surface area contributed by atoms with E-state index >= 15 is 0 Å². The topological polar surface area (TPSA) is 74.2 Å². The number of hydrogen-bond donors (Lipinski definition) is 1. The molecule has 2 N–H and O–H groups in total. The van der Waals surface area contributed by atoms with Crippen LogP contribution in [0, 0.1) is 13.8 Å². The molecule has 2 aromatic rings. The number of aryl methyl sites for hydroxylation is 2. The number of nitrogens with two attached hydrogens (primary N) is 1. The molecule has 0 saturated carbocycles. The minimum atomic E-state index is 0.208. The molecule has 108 valence electrons. The van der Waals surface area contributed by atoms with Crippen molar-refractivity contribution in [2.45, 2.75) is 46.3 Å². The molecule has 1 heterocycles. The Morgan fingerprint density at radius 1 is 1.30 bits per heavy atom. The van der Waals surface area contributed by atoms with Crippen LogP contribution in [0.2, 0.25) is 0 Å². The summed E-state index contributed by atoms with van der Waals surface area (Å²) >= 11 is 0. The molecule has 0 fully saturated rings. The summed E-state index contributed by atoms with van der Waals surface area (Å²) in [6.45, 7) is 6.50. The number of hydrogen-bond acceptors (Lipinski definition) is 5. The Hall–Kier alpha value is -1.88. The quantitative estimate of drug-likeness (QED) is 0.877. The average Bonchev–Trinajstić information content (AvgIpc) is 2.90. The summed E-state index contributed by atoms with van der Waals surface area (Å²) in [6.07, 6.45) is 3.17. The first kappa shape index (κ1) is 14.5. The van der Waals surface area contributed by atoms with Crippen LogP contribution in [0.1, 0.15) is 35.9 Å². The van der Waals surface area contributed by atoms with Gasteiger partial charge in [-0.2, -0.15) is 4.98 Å². The zero-order chi connectivity index (χ0) is 14.5. The van der Waals surface area contributed by atoms with Gasteiger partial charge in [0.05, 0.1) is 0 Å². The molecular weight excluding hydrogens is 254 g/mol. The molecule has 0 aliphatic rings. The van der Waals surface area contributed by atoms with Gasteiger partial charge in [-0.3, -0.25) is 0 Å². The Balaban J connectivity index is 2.10. The van der Waals surface area contributed by atoms with Gasteiger partial charge < -0.3 is 15.0 Å². The van der Waals surface area contributed by atoms with Crippen molar-refractivity contribution in [3.63, 3.8) is 0 Å². The lowest BCUT2D eigenvalue weighted by atomic mass is 9.99. The highest BCUT2D eigenvalue weighted by atomic mass is 16.5. The van der Waals surface area contributed by atoms with Crippen molar-refractivity contribution in [3.05, 3.63) is 41.0 Å². The highest BCUT2D eigenvalue weighted by Crippen LogP contribution is 2.26. The summed E-state index contributed by atoms with van der Waals surface area (Å²) in [5.41, 5.74) is 9.47. The third-order valence-corrected chi connectivity index (χ3v) is 3.29. The lowest BCUT2D eigenvalue weighted by Crippen LogP contribution is -2.21. The van der Waals surface area contributed by atoms with Crippen LogP contribution >= 0.6 is 0 Å². The number of aromatic nitrogens is 2. The Kier molecular flexibility index (Phi) is 4.74. The smallest absolute Gasteiger partial charge is 0.213 e. The second-order valence-electron chi connectivity index (χ2n) is 5.07. The molecule has 0 aliphatic heterocycles. The van der Waals surface area contributed by atoms with Crippen molar-refractivity contribution < 1.29 is 9.26 Å². The number of benzene rings is 1. The summed E-state index contributed by atoms with van der Waals surface area (Å²) in [5.74, 6) is 1.42. The molecular formula is C15H21N3O2. The van der Waals surface area contributed by atoms with Gasteiger partial charge in [-0.1, -0.05) is 24.2 Å². The maximum atomic E-state index is 6.01. The summed E-state index contributed by atoms with van der Waals surface area (Å²) < 4.78 is 10.5. The molecule has 1 unspecified atom stereocenters. The molecule has 0 radical (unpaired) electrons. The number of rotatable bonds is 6. The van der Waals surface area contributed by atoms with Crippen LogP contribution in [0.25, 0.3) is 0 Å². The first-order chi connectivity index (χ1) is 9.60. The summed E-state index contributed by atoms with van der Waals surface area (Å²) in [6, 6.07) is 4.47. The van der Waals surface area contributed by atoms with E-state index in [1.165, 1.54) is 12.0 Å². The largest absolute Gasteiger partial charge is 0.485 e. The van der Waals surface area contributed by atoms with Gasteiger partial charge in [-0.15, -0.1) is 0 Å². The van der Waals surface area contributed by atoms with Gasteiger partial charge in [0.2, 0.25) is 12.2 Å². The third kappa shape index (κ3) is 3.57. The van der Waals surface area contributed by atoms with Crippen LogP contribution in [0.15, 0.2) is 23.0 Å². The van der Waals surface area contributed by atoms with Crippen molar-refractivity contribution in [3.8, 4) is 5.75 Å². The van der Waals surface area contributed by atoms with E-state index in [4.69, 9.17) is 10.5 Å². The average molecular weight is 275 g/mol. The second kappa shape index (κ2) is 6.52. The molecule has 0 aliphatic carbocycles. The molecule has 0 saturated heterocycles. The molecule has 5 heteroatoms. The standard InChI is InChI=1S/C15H21N3O2/c1-4-13(16)7-12-5-10(2)15(11(3)6-12)19-8-14-17-9-20-18-14/h5-6,9,13H,4,7-8,16H2,1-3H3. The van der Waals surface area contributed by atoms with Gasteiger partial charge in [0, 0.05) is 6.04 Å². The summed E-state index contributed by atoms with van der Waals surface area (Å²) in [7, 11) is 0. The van der Waals surface area contributed by atoms with E-state index in [0.717, 1.165) is 29.7 Å². The maximum Gasteiger partial charge on any atom is 0.213 e. The first-order valence-corrected chi connectivity index (χ1v) is 6.84. The van der Waals surface area contributed by atoms with E-state index in [1.54, 1.807) is 0 Å². The van der Waals surface area contributed by atoms with Crippen LogP contribution in [-0.4, -0.2) is 16.2 Å². The zero-order valence-corrected chi connectivity index (χ0v) is 12.2. The predicted molar refractivity (Wildman–Crippen MR) is 76.5 cm³/mol. The SMILES string of the molecule is CCC(N)Cc1cc(C)c(OCc2ncon2)c(C)c1. The van der Waals surface area contributed by atoms with E-state index in [1.807, 2.05) is 13.8 Å². The Labute approximate surface area is 119 Å². The Morgan fingerprint density at radius 2 is 2.00 bits per heavy atom. The molecule has 1 aromatic carbocycles. The Bertz CT molecular complexity index is 529. The van der Waals surface area contributed by atoms with E-state index in [9.17, 15) is 0 Å². The van der Waals surface area contributed by atoms with Crippen molar-refractivity contribution >= 4 is 0 Å². The monoisotopic (exact) mass is 275 g/mol. The van der Waals surface area contributed by atoms with Gasteiger partial charge in [-0.25, -0.2) is 0 Å². The van der Waals surface area contributed by atoms with Gasteiger partial charge in [0.1, 0.15) is 5.75 Å². The molecule has 1 atom stereocenters. The Morgan fingerprint density at radius 3 is 2.55 bits per heavy atom. The van der Waals surface area contributed by atoms with Gasteiger partial charge >= 0.3 is 0 Å². The highest BCUT2D eigenvalue weighted by molar-refractivity contribution is 5.43. The van der Waals surface area contributed by atoms with Gasteiger partial charge in [-0.05, 0) is 43.4 Å². The predicted octanol–water partition coefficient (Wildman–Crippen LogP) is 2.55. The van der Waals surface area contributed by atoms with E-state index in [-0.39, 0.29) is 6.04 Å². The molecule has 0 amide bonds. The molecule has 0 spiro atoms. The lowest BCUT2D eigenvalue weighted by Gasteiger charge is -2.15. The fourth-order valence-electron chi connectivity index (χ4n) is 2.23. The molecule has 20 heavy (non-hydrogen) atoms. The fourth-order valence-corrected chi connectivity index (χ4v) is 2.23. The van der Waals surface area contributed by atoms with Crippen LogP contribution in [0.5, 0.6) is 5.75 Å². The van der Waals surface area contributed by atoms with Gasteiger partial charge in [0.25, 0.3) is 0 Å². The van der Waals surface area contributed by atoms with E-state index in [0.29, 0.717) is 12.4 Å². The highest BCUT2D eigenvalue weighted by Gasteiger charge is 2.10. The summed E-state index contributed by atoms with van der Waals surface area (Å²) in [4.78, 5) is 3.94. The zero-order valence-electron chi connectivity index (χ0n) is 12.2. The van der Waals surface area contributed by atoms with Crippen molar-refractivity contribution in [1.82, 2.24) is 10.1 Å². The van der Waals surface area contributed by atoms with E-state index < -0.39 is 0 Å². The lowest BCUT2D eigenvalue weighted by molar-refractivity contribution is 0.283. The molecule has 2 rings (SSSR count). The number of nitrogens with zero attached hydrogens (tertiary/aromatic N) is 2. The minimum Gasteiger partial charge on any atom is -0.485 e. The molecule has 5 nitrogen and oxygen atoms in total. The third-order valence-electron chi connectivity index (χ3n) is 3.29. The van der Waals surface area contributed by atoms with Crippen molar-refractivity contribution in [2.24, 2.45) is 5.73 Å². The van der Waals surface area contributed by atoms with Crippen molar-refractivity contribution in [1.29, 1.82) is 0 Å². The minimum absolute atomic E-state index is 0.208. The molecule has 1 aromatic heterocycles. The van der Waals surface area contributed by atoms with Crippen LogP contribution < -0.4 is 10.5 Å². The fraction of sp³-hybridized carbons (Fsp3) is 0.467. The van der Waals surface area contributed by atoms with Crippen LogP contribution in [-0.2, 0) is 13.0 Å². The normalized spacial score (nSPS) is 12.4. The van der Waals surface area contributed by atoms with Gasteiger partial charge in [0.15, 0.2) is 6.61 Å². The molecule has 0 bridgehead atoms. The number of ether oxygens (including phenoxy) is 1. The van der Waals surface area contributed by atoms with E-state index in [2.05, 4.69) is 33.7 Å². The van der Waals surface area contributed by atoms with Crippen molar-refractivity contribution in [2.75, 3.05) is 0 Å².